The van der Waals surface area contributed by atoms with Crippen molar-refractivity contribution in [1.82, 2.24) is 4.90 Å². The fraction of sp³-hybridized carbons (Fsp3) is 0.600. The van der Waals surface area contributed by atoms with Crippen molar-refractivity contribution in [3.63, 3.8) is 0 Å². The molecule has 1 heterocycles. The molecule has 1 aliphatic rings. The number of hydrogen-bond donors (Lipinski definition) is 1. The zero-order valence-corrected chi connectivity index (χ0v) is 14.8. The topological polar surface area (TPSA) is 29.3 Å². The van der Waals surface area contributed by atoms with Gasteiger partial charge in [-0.1, -0.05) is 22.0 Å². The van der Waals surface area contributed by atoms with Crippen molar-refractivity contribution in [2.45, 2.75) is 38.5 Å². The van der Waals surface area contributed by atoms with Gasteiger partial charge in [0.05, 0.1) is 5.56 Å². The molecule has 0 saturated carbocycles. The van der Waals surface area contributed by atoms with Crippen LogP contribution in [0.4, 0.5) is 13.2 Å². The van der Waals surface area contributed by atoms with Crippen molar-refractivity contribution >= 4 is 28.3 Å². The normalized spacial score (nSPS) is 18.8. The highest BCUT2D eigenvalue weighted by Crippen LogP contribution is 2.35. The van der Waals surface area contributed by atoms with Gasteiger partial charge in [0.1, 0.15) is 0 Å². The van der Waals surface area contributed by atoms with Gasteiger partial charge in [0.2, 0.25) is 0 Å². The molecule has 0 aromatic heterocycles. The predicted octanol–water partition coefficient (Wildman–Crippen LogP) is 4.45. The quantitative estimate of drug-likeness (QED) is 0.811. The van der Waals surface area contributed by atoms with Crippen molar-refractivity contribution in [3.05, 3.63) is 33.8 Å². The van der Waals surface area contributed by atoms with Crippen molar-refractivity contribution in [1.29, 1.82) is 0 Å². The smallest absolute Gasteiger partial charge is 0.328 e. The molecule has 2 N–H and O–H groups in total. The third kappa shape index (κ3) is 5.11. The molecular weight excluding hydrogens is 381 g/mol. The first-order valence-corrected chi connectivity index (χ1v) is 7.90. The highest BCUT2D eigenvalue weighted by Gasteiger charge is 2.34. The van der Waals surface area contributed by atoms with Crippen LogP contribution in [0.2, 0.25) is 0 Å². The molecule has 1 fully saturated rings. The molecule has 1 aliphatic heterocycles. The summed E-state index contributed by atoms with van der Waals surface area (Å²) in [7, 11) is 0. The molecule has 0 bridgehead atoms. The Morgan fingerprint density at radius 3 is 2.41 bits per heavy atom. The van der Waals surface area contributed by atoms with E-state index in [-0.39, 0.29) is 18.4 Å². The Morgan fingerprint density at radius 2 is 1.91 bits per heavy atom. The molecule has 126 valence electrons. The maximum Gasteiger partial charge on any atom is 0.416 e. The predicted molar refractivity (Wildman–Crippen MR) is 88.0 cm³/mol. The second kappa shape index (κ2) is 7.99. The van der Waals surface area contributed by atoms with E-state index in [1.807, 2.05) is 6.92 Å². The van der Waals surface area contributed by atoms with Crippen molar-refractivity contribution in [2.24, 2.45) is 11.7 Å². The number of likely N-dealkylation sites (tertiary alicyclic amines) is 1. The van der Waals surface area contributed by atoms with Gasteiger partial charge < -0.3 is 5.73 Å². The van der Waals surface area contributed by atoms with Gasteiger partial charge in [0, 0.05) is 17.1 Å². The minimum Gasteiger partial charge on any atom is -0.328 e. The first-order chi connectivity index (χ1) is 9.77. The van der Waals surface area contributed by atoms with Gasteiger partial charge in [-0.25, -0.2) is 0 Å². The summed E-state index contributed by atoms with van der Waals surface area (Å²) in [6.07, 6.45) is -2.41. The molecule has 1 unspecified atom stereocenters. The van der Waals surface area contributed by atoms with Crippen LogP contribution in [0.5, 0.6) is 0 Å². The second-order valence-corrected chi connectivity index (χ2v) is 6.69. The first-order valence-electron chi connectivity index (χ1n) is 7.11. The zero-order valence-electron chi connectivity index (χ0n) is 12.4. The average molecular weight is 402 g/mol. The van der Waals surface area contributed by atoms with Gasteiger partial charge in [-0.3, -0.25) is 4.90 Å². The molecule has 1 saturated heterocycles. The maximum absolute atomic E-state index is 13.1. The standard InChI is InChI=1S/C15H20BrF3N2.ClH/c1-10(20)11-4-6-21(7-5-11)9-12-2-3-13(16)8-14(12)15(17,18)19;/h2-3,8,10-11H,4-7,9,20H2,1H3;1H. The first kappa shape index (κ1) is 19.7. The molecule has 0 radical (unpaired) electrons. The van der Waals surface area contributed by atoms with E-state index < -0.39 is 11.7 Å². The number of benzene rings is 1. The summed E-state index contributed by atoms with van der Waals surface area (Å²) < 4.78 is 39.7. The van der Waals surface area contributed by atoms with E-state index in [0.717, 1.165) is 32.0 Å². The van der Waals surface area contributed by atoms with Gasteiger partial charge >= 0.3 is 6.18 Å². The van der Waals surface area contributed by atoms with Gasteiger partial charge in [0.25, 0.3) is 0 Å². The van der Waals surface area contributed by atoms with E-state index >= 15 is 0 Å². The Hall–Kier alpha value is -0.300. The number of hydrogen-bond acceptors (Lipinski definition) is 2. The van der Waals surface area contributed by atoms with Crippen LogP contribution in [-0.2, 0) is 12.7 Å². The maximum atomic E-state index is 13.1. The van der Waals surface area contributed by atoms with E-state index in [1.165, 1.54) is 0 Å². The largest absolute Gasteiger partial charge is 0.416 e. The van der Waals surface area contributed by atoms with E-state index in [0.29, 0.717) is 22.5 Å². The minimum atomic E-state index is -4.32. The Labute approximate surface area is 143 Å². The summed E-state index contributed by atoms with van der Waals surface area (Å²) in [5.74, 6) is 0.480. The molecule has 1 atom stereocenters. The third-order valence-corrected chi connectivity index (χ3v) is 4.64. The van der Waals surface area contributed by atoms with Crippen LogP contribution in [0, 0.1) is 5.92 Å². The molecule has 22 heavy (non-hydrogen) atoms. The van der Waals surface area contributed by atoms with E-state index in [9.17, 15) is 13.2 Å². The molecule has 2 rings (SSSR count). The molecule has 1 aromatic rings. The Bertz CT molecular complexity index is 486. The third-order valence-electron chi connectivity index (χ3n) is 4.15. The summed E-state index contributed by atoms with van der Waals surface area (Å²) in [6, 6.07) is 4.54. The highest BCUT2D eigenvalue weighted by molar-refractivity contribution is 9.10. The highest BCUT2D eigenvalue weighted by atomic mass is 79.9. The Balaban J connectivity index is 0.00000242. The fourth-order valence-electron chi connectivity index (χ4n) is 2.83. The van der Waals surface area contributed by atoms with Gasteiger partial charge in [-0.05, 0) is 56.5 Å². The molecular formula is C15H21BrClF3N2. The van der Waals surface area contributed by atoms with Crippen molar-refractivity contribution in [2.75, 3.05) is 13.1 Å². The fourth-order valence-corrected chi connectivity index (χ4v) is 3.19. The summed E-state index contributed by atoms with van der Waals surface area (Å²) in [6.45, 7) is 3.95. The van der Waals surface area contributed by atoms with Crippen molar-refractivity contribution < 1.29 is 13.2 Å². The van der Waals surface area contributed by atoms with Crippen LogP contribution in [0.25, 0.3) is 0 Å². The number of piperidine rings is 1. The van der Waals surface area contributed by atoms with Crippen LogP contribution in [-0.4, -0.2) is 24.0 Å². The lowest BCUT2D eigenvalue weighted by molar-refractivity contribution is -0.138. The molecule has 0 amide bonds. The lowest BCUT2D eigenvalue weighted by Gasteiger charge is -2.34. The molecule has 0 aliphatic carbocycles. The van der Waals surface area contributed by atoms with E-state index in [2.05, 4.69) is 20.8 Å². The molecule has 0 spiro atoms. The van der Waals surface area contributed by atoms with Crippen LogP contribution >= 0.6 is 28.3 Å². The van der Waals surface area contributed by atoms with Gasteiger partial charge in [0.15, 0.2) is 0 Å². The molecule has 7 heteroatoms. The summed E-state index contributed by atoms with van der Waals surface area (Å²) in [4.78, 5) is 2.08. The van der Waals surface area contributed by atoms with E-state index in [1.54, 1.807) is 12.1 Å². The SMILES string of the molecule is CC(N)C1CCN(Cc2ccc(Br)cc2C(F)(F)F)CC1.Cl. The van der Waals surface area contributed by atoms with Crippen LogP contribution in [0.3, 0.4) is 0 Å². The van der Waals surface area contributed by atoms with Crippen LogP contribution in [0.15, 0.2) is 22.7 Å². The summed E-state index contributed by atoms with van der Waals surface area (Å²) in [5, 5.41) is 0. The summed E-state index contributed by atoms with van der Waals surface area (Å²) in [5.41, 5.74) is 5.68. The number of halogens is 5. The minimum absolute atomic E-state index is 0. The van der Waals surface area contributed by atoms with Crippen molar-refractivity contribution in [3.8, 4) is 0 Å². The van der Waals surface area contributed by atoms with Gasteiger partial charge in [-0.2, -0.15) is 13.2 Å². The van der Waals surface area contributed by atoms with Gasteiger partial charge in [-0.15, -0.1) is 12.4 Å². The zero-order chi connectivity index (χ0) is 15.6. The van der Waals surface area contributed by atoms with E-state index in [4.69, 9.17) is 5.73 Å². The number of nitrogens with zero attached hydrogens (tertiary/aromatic N) is 1. The lowest BCUT2D eigenvalue weighted by Crippen LogP contribution is -2.39. The Kier molecular flexibility index (Phi) is 7.18. The number of nitrogens with two attached hydrogens (primary N) is 1. The Morgan fingerprint density at radius 1 is 1.32 bits per heavy atom. The van der Waals surface area contributed by atoms with Crippen LogP contribution < -0.4 is 5.73 Å². The number of alkyl halides is 3. The second-order valence-electron chi connectivity index (χ2n) is 5.77. The molecule has 1 aromatic carbocycles. The number of rotatable bonds is 3. The lowest BCUT2D eigenvalue weighted by atomic mass is 9.90. The summed E-state index contributed by atoms with van der Waals surface area (Å²) >= 11 is 3.11. The monoisotopic (exact) mass is 400 g/mol. The van der Waals surface area contributed by atoms with Crippen LogP contribution in [0.1, 0.15) is 30.9 Å². The average Bonchev–Trinajstić information content (AvgIpc) is 2.40. The molecule has 2 nitrogen and oxygen atoms in total.